The lowest BCUT2D eigenvalue weighted by Crippen LogP contribution is -2.24. The summed E-state index contributed by atoms with van der Waals surface area (Å²) >= 11 is 6.33. The number of carbonyl (C=O) groups excluding carboxylic acids is 1. The molecule has 102 valence electrons. The van der Waals surface area contributed by atoms with E-state index in [2.05, 4.69) is 15.9 Å². The molecule has 0 amide bonds. The Morgan fingerprint density at radius 1 is 1.32 bits per heavy atom. The summed E-state index contributed by atoms with van der Waals surface area (Å²) < 4.78 is 6.41. The van der Waals surface area contributed by atoms with Gasteiger partial charge in [-0.25, -0.2) is 4.79 Å². The molecular formula is C13H14BrNO2S2. The van der Waals surface area contributed by atoms with Gasteiger partial charge in [0.05, 0.1) is 0 Å². The summed E-state index contributed by atoms with van der Waals surface area (Å²) in [4.78, 5) is 13.2. The average Bonchev–Trinajstić information content (AvgIpc) is 2.81. The number of hydrogen-bond acceptors (Lipinski definition) is 5. The molecule has 0 spiro atoms. The van der Waals surface area contributed by atoms with Crippen LogP contribution in [0.1, 0.15) is 31.1 Å². The molecule has 2 aromatic heterocycles. The maximum absolute atomic E-state index is 12.2. The summed E-state index contributed by atoms with van der Waals surface area (Å²) in [5.41, 5.74) is 6.69. The van der Waals surface area contributed by atoms with Crippen molar-refractivity contribution in [1.82, 2.24) is 0 Å². The van der Waals surface area contributed by atoms with Crippen molar-refractivity contribution < 1.29 is 9.53 Å². The van der Waals surface area contributed by atoms with Crippen LogP contribution in [0.5, 0.6) is 0 Å². The van der Waals surface area contributed by atoms with Gasteiger partial charge in [0.25, 0.3) is 0 Å². The van der Waals surface area contributed by atoms with E-state index in [-0.39, 0.29) is 5.97 Å². The zero-order valence-corrected chi connectivity index (χ0v) is 14.0. The van der Waals surface area contributed by atoms with Crippen molar-refractivity contribution in [3.05, 3.63) is 26.9 Å². The number of nitrogen functional groups attached to an aromatic ring is 1. The van der Waals surface area contributed by atoms with Crippen molar-refractivity contribution in [3.8, 4) is 10.4 Å². The molecule has 3 nitrogen and oxygen atoms in total. The third-order valence-corrected chi connectivity index (χ3v) is 4.79. The first kappa shape index (κ1) is 14.6. The van der Waals surface area contributed by atoms with Crippen molar-refractivity contribution >= 4 is 49.6 Å². The van der Waals surface area contributed by atoms with Crippen molar-refractivity contribution in [2.75, 3.05) is 5.73 Å². The summed E-state index contributed by atoms with van der Waals surface area (Å²) in [6, 6.07) is 1.97. The predicted octanol–water partition coefficient (Wildman–Crippen LogP) is 4.78. The number of rotatable bonds is 2. The molecule has 0 saturated carbocycles. The normalized spacial score (nSPS) is 11.6. The Morgan fingerprint density at radius 3 is 2.53 bits per heavy atom. The van der Waals surface area contributed by atoms with Gasteiger partial charge in [-0.2, -0.15) is 0 Å². The zero-order chi connectivity index (χ0) is 14.2. The Morgan fingerprint density at radius 2 is 2.00 bits per heavy atom. The Labute approximate surface area is 128 Å². The maximum atomic E-state index is 12.2. The molecule has 2 rings (SSSR count). The molecule has 0 aliphatic carbocycles. The van der Waals surface area contributed by atoms with Crippen LogP contribution in [-0.4, -0.2) is 11.6 Å². The second kappa shape index (κ2) is 5.26. The third kappa shape index (κ3) is 3.38. The maximum Gasteiger partial charge on any atom is 0.342 e. The van der Waals surface area contributed by atoms with Gasteiger partial charge < -0.3 is 10.5 Å². The number of carbonyl (C=O) groups is 1. The van der Waals surface area contributed by atoms with Crippen molar-refractivity contribution in [1.29, 1.82) is 0 Å². The Balaban J connectivity index is 2.41. The fourth-order valence-corrected chi connectivity index (χ4v) is 3.87. The topological polar surface area (TPSA) is 52.3 Å². The first-order valence-electron chi connectivity index (χ1n) is 5.62. The lowest BCUT2D eigenvalue weighted by molar-refractivity contribution is 0.00722. The molecule has 0 aliphatic heterocycles. The van der Waals surface area contributed by atoms with Gasteiger partial charge in [0, 0.05) is 25.7 Å². The van der Waals surface area contributed by atoms with Crippen LogP contribution < -0.4 is 5.73 Å². The van der Waals surface area contributed by atoms with Gasteiger partial charge in [-0.15, -0.1) is 22.7 Å². The number of anilines is 1. The summed E-state index contributed by atoms with van der Waals surface area (Å²) in [7, 11) is 0. The standard InChI is InChI=1S/C13H14BrNO2S2/c1-13(2,3)17-12(16)10-8(6-19-11(10)15)9-4-7(14)5-18-9/h4-6H,15H2,1-3H3. The van der Waals surface area contributed by atoms with E-state index < -0.39 is 5.60 Å². The van der Waals surface area contributed by atoms with Gasteiger partial charge in [-0.05, 0) is 42.8 Å². The highest BCUT2D eigenvalue weighted by atomic mass is 79.9. The minimum Gasteiger partial charge on any atom is -0.456 e. The van der Waals surface area contributed by atoms with E-state index >= 15 is 0 Å². The van der Waals surface area contributed by atoms with Crippen LogP contribution in [0.15, 0.2) is 21.3 Å². The minimum atomic E-state index is -0.529. The monoisotopic (exact) mass is 359 g/mol. The van der Waals surface area contributed by atoms with E-state index in [0.29, 0.717) is 10.6 Å². The molecule has 0 radical (unpaired) electrons. The summed E-state index contributed by atoms with van der Waals surface area (Å²) in [5, 5.41) is 4.36. The molecule has 2 aromatic rings. The van der Waals surface area contributed by atoms with Gasteiger partial charge in [0.2, 0.25) is 0 Å². The van der Waals surface area contributed by atoms with Crippen LogP contribution in [0, 0.1) is 0 Å². The van der Waals surface area contributed by atoms with Crippen LogP contribution >= 0.6 is 38.6 Å². The number of halogens is 1. The average molecular weight is 360 g/mol. The van der Waals surface area contributed by atoms with Crippen LogP contribution in [-0.2, 0) is 4.74 Å². The highest BCUT2D eigenvalue weighted by Crippen LogP contribution is 2.38. The summed E-state index contributed by atoms with van der Waals surface area (Å²) in [6.07, 6.45) is 0. The number of nitrogens with two attached hydrogens (primary N) is 1. The van der Waals surface area contributed by atoms with Crippen molar-refractivity contribution in [3.63, 3.8) is 0 Å². The summed E-state index contributed by atoms with van der Waals surface area (Å²) in [5.74, 6) is -0.370. The first-order chi connectivity index (χ1) is 8.78. The Kier molecular flexibility index (Phi) is 4.03. The van der Waals surface area contributed by atoms with Gasteiger partial charge >= 0.3 is 5.97 Å². The number of hydrogen-bond donors (Lipinski definition) is 1. The third-order valence-electron chi connectivity index (χ3n) is 2.26. The molecule has 2 N–H and O–H groups in total. The molecule has 0 unspecified atom stereocenters. The molecule has 0 bridgehead atoms. The molecule has 0 fully saturated rings. The molecule has 0 aliphatic rings. The van der Waals surface area contributed by atoms with E-state index in [1.54, 1.807) is 11.3 Å². The Hall–Kier alpha value is -0.850. The molecule has 19 heavy (non-hydrogen) atoms. The van der Waals surface area contributed by atoms with E-state index in [4.69, 9.17) is 10.5 Å². The largest absolute Gasteiger partial charge is 0.456 e. The van der Waals surface area contributed by atoms with Gasteiger partial charge in [0.15, 0.2) is 0 Å². The van der Waals surface area contributed by atoms with Gasteiger partial charge in [-0.3, -0.25) is 0 Å². The highest BCUT2D eigenvalue weighted by Gasteiger charge is 2.25. The summed E-state index contributed by atoms with van der Waals surface area (Å²) in [6.45, 7) is 5.53. The molecule has 0 aromatic carbocycles. The van der Waals surface area contributed by atoms with E-state index in [0.717, 1.165) is 14.9 Å². The quantitative estimate of drug-likeness (QED) is 0.785. The smallest absolute Gasteiger partial charge is 0.342 e. The fraction of sp³-hybridized carbons (Fsp3) is 0.308. The highest BCUT2D eigenvalue weighted by molar-refractivity contribution is 9.10. The van der Waals surface area contributed by atoms with Crippen LogP contribution in [0.3, 0.4) is 0 Å². The van der Waals surface area contributed by atoms with E-state index in [1.807, 2.05) is 37.6 Å². The predicted molar refractivity (Wildman–Crippen MR) is 84.9 cm³/mol. The van der Waals surface area contributed by atoms with Crippen molar-refractivity contribution in [2.24, 2.45) is 0 Å². The number of ether oxygens (including phenoxy) is 1. The van der Waals surface area contributed by atoms with Crippen LogP contribution in [0.2, 0.25) is 0 Å². The first-order valence-corrected chi connectivity index (χ1v) is 8.18. The Bertz CT molecular complexity index is 610. The SMILES string of the molecule is CC(C)(C)OC(=O)c1c(-c2cc(Br)cs2)csc1N. The lowest BCUT2D eigenvalue weighted by atomic mass is 10.1. The number of esters is 1. The molecule has 6 heteroatoms. The van der Waals surface area contributed by atoms with Gasteiger partial charge in [0.1, 0.15) is 16.2 Å². The van der Waals surface area contributed by atoms with E-state index in [9.17, 15) is 4.79 Å². The lowest BCUT2D eigenvalue weighted by Gasteiger charge is -2.19. The molecule has 2 heterocycles. The second-order valence-electron chi connectivity index (χ2n) is 5.02. The van der Waals surface area contributed by atoms with E-state index in [1.165, 1.54) is 11.3 Å². The number of thiophene rings is 2. The molecular weight excluding hydrogens is 346 g/mol. The van der Waals surface area contributed by atoms with Crippen LogP contribution in [0.4, 0.5) is 5.00 Å². The van der Waals surface area contributed by atoms with Crippen LogP contribution in [0.25, 0.3) is 10.4 Å². The van der Waals surface area contributed by atoms with Crippen molar-refractivity contribution in [2.45, 2.75) is 26.4 Å². The molecule has 0 atom stereocenters. The van der Waals surface area contributed by atoms with Gasteiger partial charge in [-0.1, -0.05) is 0 Å². The molecule has 0 saturated heterocycles. The fourth-order valence-electron chi connectivity index (χ4n) is 1.55. The zero-order valence-electron chi connectivity index (χ0n) is 10.8. The minimum absolute atomic E-state index is 0.370. The second-order valence-corrected chi connectivity index (χ2v) is 7.76.